The van der Waals surface area contributed by atoms with Gasteiger partial charge in [0, 0.05) is 13.0 Å². The number of carbonyl (C=O) groups excluding carboxylic acids is 3. The molecule has 8 nitrogen and oxygen atoms in total. The summed E-state index contributed by atoms with van der Waals surface area (Å²) >= 11 is 0. The van der Waals surface area contributed by atoms with Crippen molar-refractivity contribution in [1.29, 1.82) is 0 Å². The quantitative estimate of drug-likeness (QED) is 0.585. The molecule has 31 heavy (non-hydrogen) atoms. The fraction of sp³-hybridized carbons (Fsp3) is 0.348. The minimum absolute atomic E-state index is 0.149. The number of nitrogens with one attached hydrogen (secondary N) is 3. The molecule has 4 rings (SSSR count). The van der Waals surface area contributed by atoms with Crippen LogP contribution in [0.15, 0.2) is 54.6 Å². The van der Waals surface area contributed by atoms with Crippen molar-refractivity contribution in [3.05, 3.63) is 65.7 Å². The number of urea groups is 1. The maximum Gasteiger partial charge on any atom is 0.315 e. The summed E-state index contributed by atoms with van der Waals surface area (Å²) in [6.07, 6.45) is 0.734. The standard InChI is InChI=1S/C23H26N4O4/c1-14(16-5-3-2-4-6-16)24-23(31)25-17-12-20-21(29)26-19(22(30)27(20)13-17)11-15-7-9-18(28)10-8-15/h2-10,14,17,19-20,28H,11-13H2,1H3,(H,26,29)(H2,24,25,31)/t14-,17-,19+,20-/m0/s1. The van der Waals surface area contributed by atoms with Crippen molar-refractivity contribution < 1.29 is 19.5 Å². The molecule has 0 aliphatic carbocycles. The van der Waals surface area contributed by atoms with E-state index in [1.165, 1.54) is 0 Å². The zero-order valence-corrected chi connectivity index (χ0v) is 17.2. The molecule has 2 heterocycles. The lowest BCUT2D eigenvalue weighted by Crippen LogP contribution is -2.61. The number of hydrogen-bond acceptors (Lipinski definition) is 4. The van der Waals surface area contributed by atoms with Crippen molar-refractivity contribution in [2.24, 2.45) is 0 Å². The minimum atomic E-state index is -0.654. The van der Waals surface area contributed by atoms with E-state index in [1.54, 1.807) is 29.2 Å². The molecule has 0 radical (unpaired) electrons. The fourth-order valence-electron chi connectivity index (χ4n) is 4.22. The van der Waals surface area contributed by atoms with Crippen LogP contribution in [0.4, 0.5) is 4.79 Å². The van der Waals surface area contributed by atoms with E-state index < -0.39 is 12.1 Å². The topological polar surface area (TPSA) is 111 Å². The molecule has 2 aliphatic heterocycles. The van der Waals surface area contributed by atoms with Crippen LogP contribution in [-0.2, 0) is 16.0 Å². The Hall–Kier alpha value is -3.55. The molecule has 2 fully saturated rings. The highest BCUT2D eigenvalue weighted by Crippen LogP contribution is 2.24. The Morgan fingerprint density at radius 1 is 1.16 bits per heavy atom. The van der Waals surface area contributed by atoms with Crippen LogP contribution in [0.5, 0.6) is 5.75 Å². The third-order valence-electron chi connectivity index (χ3n) is 5.86. The number of piperazine rings is 1. The summed E-state index contributed by atoms with van der Waals surface area (Å²) in [4.78, 5) is 39.6. The van der Waals surface area contributed by atoms with E-state index in [-0.39, 0.29) is 35.7 Å². The lowest BCUT2D eigenvalue weighted by Gasteiger charge is -2.34. The van der Waals surface area contributed by atoms with Gasteiger partial charge in [-0.2, -0.15) is 0 Å². The Bertz CT molecular complexity index is 963. The van der Waals surface area contributed by atoms with Gasteiger partial charge < -0.3 is 26.0 Å². The minimum Gasteiger partial charge on any atom is -0.508 e. The van der Waals surface area contributed by atoms with Gasteiger partial charge in [0.05, 0.1) is 12.1 Å². The predicted molar refractivity (Wildman–Crippen MR) is 114 cm³/mol. The summed E-state index contributed by atoms with van der Waals surface area (Å²) in [6.45, 7) is 2.20. The number of nitrogens with zero attached hydrogens (tertiary/aromatic N) is 1. The molecule has 0 aromatic heterocycles. The van der Waals surface area contributed by atoms with Crippen molar-refractivity contribution in [2.45, 2.75) is 43.9 Å². The molecule has 4 amide bonds. The monoisotopic (exact) mass is 422 g/mol. The van der Waals surface area contributed by atoms with Gasteiger partial charge in [-0.15, -0.1) is 0 Å². The van der Waals surface area contributed by atoms with Gasteiger partial charge in [0.15, 0.2) is 0 Å². The van der Waals surface area contributed by atoms with Crippen molar-refractivity contribution in [3.63, 3.8) is 0 Å². The molecular formula is C23H26N4O4. The largest absolute Gasteiger partial charge is 0.508 e. The summed E-state index contributed by atoms with van der Waals surface area (Å²) in [5.41, 5.74) is 1.84. The maximum atomic E-state index is 13.0. The second kappa shape index (κ2) is 8.67. The SMILES string of the molecule is C[C@H](NC(=O)N[C@H]1C[C@H]2C(=O)N[C@H](Cc3ccc(O)cc3)C(=O)N2C1)c1ccccc1. The second-order valence-electron chi connectivity index (χ2n) is 8.12. The number of phenols is 1. The summed E-state index contributed by atoms with van der Waals surface area (Å²) in [7, 11) is 0. The molecular weight excluding hydrogens is 396 g/mol. The normalized spacial score (nSPS) is 23.6. The van der Waals surface area contributed by atoms with Gasteiger partial charge in [0.25, 0.3) is 0 Å². The number of rotatable bonds is 5. The van der Waals surface area contributed by atoms with E-state index in [0.717, 1.165) is 11.1 Å². The van der Waals surface area contributed by atoms with Crippen LogP contribution in [-0.4, -0.2) is 52.5 Å². The van der Waals surface area contributed by atoms with E-state index in [2.05, 4.69) is 16.0 Å². The zero-order chi connectivity index (χ0) is 22.0. The van der Waals surface area contributed by atoms with Crippen LogP contribution in [0.1, 0.15) is 30.5 Å². The van der Waals surface area contributed by atoms with Gasteiger partial charge in [-0.25, -0.2) is 4.79 Å². The lowest BCUT2D eigenvalue weighted by molar-refractivity contribution is -0.147. The van der Waals surface area contributed by atoms with Crippen LogP contribution in [0.3, 0.4) is 0 Å². The van der Waals surface area contributed by atoms with Crippen LogP contribution in [0.2, 0.25) is 0 Å². The molecule has 0 saturated carbocycles. The Balaban J connectivity index is 1.35. The molecule has 162 valence electrons. The first-order valence-corrected chi connectivity index (χ1v) is 10.4. The van der Waals surface area contributed by atoms with Crippen molar-refractivity contribution in [1.82, 2.24) is 20.9 Å². The fourth-order valence-corrected chi connectivity index (χ4v) is 4.22. The Kier molecular flexibility index (Phi) is 5.79. The van der Waals surface area contributed by atoms with Crippen LogP contribution in [0, 0.1) is 0 Å². The van der Waals surface area contributed by atoms with Crippen LogP contribution in [0.25, 0.3) is 0 Å². The van der Waals surface area contributed by atoms with Gasteiger partial charge in [0.2, 0.25) is 11.8 Å². The van der Waals surface area contributed by atoms with Gasteiger partial charge in [-0.05, 0) is 36.6 Å². The van der Waals surface area contributed by atoms with Crippen LogP contribution < -0.4 is 16.0 Å². The maximum absolute atomic E-state index is 13.0. The number of fused-ring (bicyclic) bond motifs is 1. The highest BCUT2D eigenvalue weighted by molar-refractivity contribution is 5.97. The Labute approximate surface area is 180 Å². The molecule has 4 N–H and O–H groups in total. The number of carbonyl (C=O) groups is 3. The van der Waals surface area contributed by atoms with E-state index in [9.17, 15) is 19.5 Å². The number of aromatic hydroxyl groups is 1. The summed E-state index contributed by atoms with van der Waals surface area (Å²) in [5, 5.41) is 18.0. The highest BCUT2D eigenvalue weighted by atomic mass is 16.3. The number of hydrogen-bond donors (Lipinski definition) is 4. The van der Waals surface area contributed by atoms with E-state index in [1.807, 2.05) is 37.3 Å². The van der Waals surface area contributed by atoms with Crippen molar-refractivity contribution in [2.75, 3.05) is 6.54 Å². The zero-order valence-electron chi connectivity index (χ0n) is 17.2. The molecule has 2 aliphatic rings. The summed E-state index contributed by atoms with van der Waals surface area (Å²) in [5.74, 6) is -0.207. The van der Waals surface area contributed by atoms with Crippen molar-refractivity contribution in [3.8, 4) is 5.75 Å². The van der Waals surface area contributed by atoms with Gasteiger partial charge in [-0.3, -0.25) is 9.59 Å². The van der Waals surface area contributed by atoms with Crippen LogP contribution >= 0.6 is 0 Å². The molecule has 2 aromatic rings. The first kappa shape index (κ1) is 20.7. The number of phenolic OH excluding ortho intramolecular Hbond substituents is 1. The van der Waals surface area contributed by atoms with Gasteiger partial charge >= 0.3 is 6.03 Å². The average molecular weight is 422 g/mol. The summed E-state index contributed by atoms with van der Waals surface area (Å²) < 4.78 is 0. The first-order chi connectivity index (χ1) is 14.9. The van der Waals surface area contributed by atoms with Crippen molar-refractivity contribution >= 4 is 17.8 Å². The smallest absolute Gasteiger partial charge is 0.315 e. The second-order valence-corrected chi connectivity index (χ2v) is 8.12. The predicted octanol–water partition coefficient (Wildman–Crippen LogP) is 1.46. The van der Waals surface area contributed by atoms with Gasteiger partial charge in [0.1, 0.15) is 17.8 Å². The average Bonchev–Trinajstić information content (AvgIpc) is 3.18. The number of benzene rings is 2. The first-order valence-electron chi connectivity index (χ1n) is 10.4. The van der Waals surface area contributed by atoms with Gasteiger partial charge in [-0.1, -0.05) is 42.5 Å². The summed E-state index contributed by atoms with van der Waals surface area (Å²) in [6, 6.07) is 14.2. The lowest BCUT2D eigenvalue weighted by atomic mass is 10.0. The Morgan fingerprint density at radius 3 is 2.58 bits per heavy atom. The molecule has 2 aromatic carbocycles. The molecule has 0 spiro atoms. The third-order valence-corrected chi connectivity index (χ3v) is 5.86. The molecule has 0 unspecified atom stereocenters. The highest BCUT2D eigenvalue weighted by Gasteiger charge is 2.46. The molecule has 4 atom stereocenters. The molecule has 0 bridgehead atoms. The molecule has 2 saturated heterocycles. The molecule has 8 heteroatoms. The third kappa shape index (κ3) is 4.63. The van der Waals surface area contributed by atoms with E-state index >= 15 is 0 Å². The van der Waals surface area contributed by atoms with E-state index in [0.29, 0.717) is 19.4 Å². The Morgan fingerprint density at radius 2 is 1.87 bits per heavy atom. The van der Waals surface area contributed by atoms with E-state index in [4.69, 9.17) is 0 Å². The number of amides is 4.